The number of imidazole rings is 1. The Balaban J connectivity index is 1.93. The van der Waals surface area contributed by atoms with E-state index in [4.69, 9.17) is 4.74 Å². The number of ether oxygens (including phenoxy) is 1. The second kappa shape index (κ2) is 5.69. The van der Waals surface area contributed by atoms with Crippen LogP contribution in [0.3, 0.4) is 0 Å². The smallest absolute Gasteiger partial charge is 0.330 e. The summed E-state index contributed by atoms with van der Waals surface area (Å²) in [5.74, 6) is 0. The molecule has 0 amide bonds. The van der Waals surface area contributed by atoms with Gasteiger partial charge in [0.15, 0.2) is 0 Å². The molecule has 1 aromatic heterocycles. The summed E-state index contributed by atoms with van der Waals surface area (Å²) < 4.78 is 8.79. The van der Waals surface area contributed by atoms with Gasteiger partial charge in [0.25, 0.3) is 0 Å². The third-order valence-corrected chi connectivity index (χ3v) is 2.77. The first-order chi connectivity index (χ1) is 8.68. The first kappa shape index (κ1) is 12.6. The number of hydrogen-bond donors (Lipinski definition) is 0. The summed E-state index contributed by atoms with van der Waals surface area (Å²) in [6, 6.07) is 10.1. The first-order valence-electron chi connectivity index (χ1n) is 6.07. The average molecular weight is 246 g/mol. The SMILES string of the molecule is CC(C)n1ccn(COCc2ccccc2)c1=O. The molecule has 0 aliphatic carbocycles. The zero-order valence-corrected chi connectivity index (χ0v) is 10.7. The lowest BCUT2D eigenvalue weighted by Crippen LogP contribution is -2.25. The lowest BCUT2D eigenvalue weighted by atomic mass is 10.2. The standard InChI is InChI=1S/C14H18N2O2/c1-12(2)16-9-8-15(14(16)17)11-18-10-13-6-4-3-5-7-13/h3-9,12H,10-11H2,1-2H3. The van der Waals surface area contributed by atoms with E-state index in [1.807, 2.05) is 44.2 Å². The van der Waals surface area contributed by atoms with Gasteiger partial charge in [-0.3, -0.25) is 9.13 Å². The van der Waals surface area contributed by atoms with Crippen LogP contribution in [0.4, 0.5) is 0 Å². The number of nitrogens with zero attached hydrogens (tertiary/aromatic N) is 2. The molecule has 0 atom stereocenters. The maximum absolute atomic E-state index is 11.9. The van der Waals surface area contributed by atoms with Crippen molar-refractivity contribution in [3.05, 3.63) is 58.8 Å². The van der Waals surface area contributed by atoms with Gasteiger partial charge in [0, 0.05) is 18.4 Å². The summed E-state index contributed by atoms with van der Waals surface area (Å²) in [4.78, 5) is 11.9. The molecule has 0 spiro atoms. The normalized spacial score (nSPS) is 11.1. The molecule has 18 heavy (non-hydrogen) atoms. The molecule has 0 aliphatic heterocycles. The zero-order valence-electron chi connectivity index (χ0n) is 10.7. The second-order valence-corrected chi connectivity index (χ2v) is 4.51. The van der Waals surface area contributed by atoms with Crippen LogP contribution in [0.5, 0.6) is 0 Å². The predicted molar refractivity (Wildman–Crippen MR) is 70.3 cm³/mol. The monoisotopic (exact) mass is 246 g/mol. The number of hydrogen-bond acceptors (Lipinski definition) is 2. The lowest BCUT2D eigenvalue weighted by molar-refractivity contribution is 0.0614. The molecule has 2 aromatic rings. The predicted octanol–water partition coefficient (Wildman–Crippen LogP) is 2.41. The van der Waals surface area contributed by atoms with Crippen LogP contribution >= 0.6 is 0 Å². The summed E-state index contributed by atoms with van der Waals surface area (Å²) >= 11 is 0. The van der Waals surface area contributed by atoms with Crippen LogP contribution in [0.2, 0.25) is 0 Å². The molecule has 0 bridgehead atoms. The number of aromatic nitrogens is 2. The Labute approximate surface area is 106 Å². The van der Waals surface area contributed by atoms with Gasteiger partial charge in [-0.2, -0.15) is 0 Å². The maximum Gasteiger partial charge on any atom is 0.330 e. The third-order valence-electron chi connectivity index (χ3n) is 2.77. The van der Waals surface area contributed by atoms with E-state index in [-0.39, 0.29) is 18.5 Å². The molecule has 4 nitrogen and oxygen atoms in total. The molecule has 96 valence electrons. The largest absolute Gasteiger partial charge is 0.356 e. The zero-order chi connectivity index (χ0) is 13.0. The molecular weight excluding hydrogens is 228 g/mol. The molecule has 0 fully saturated rings. The number of benzene rings is 1. The Morgan fingerprint density at radius 2 is 1.89 bits per heavy atom. The molecule has 0 aliphatic rings. The fraction of sp³-hybridized carbons (Fsp3) is 0.357. The van der Waals surface area contributed by atoms with Gasteiger partial charge < -0.3 is 4.74 Å². The number of rotatable bonds is 5. The Bertz CT molecular complexity index is 540. The van der Waals surface area contributed by atoms with Gasteiger partial charge >= 0.3 is 5.69 Å². The summed E-state index contributed by atoms with van der Waals surface area (Å²) in [5.41, 5.74) is 1.08. The highest BCUT2D eigenvalue weighted by atomic mass is 16.5. The first-order valence-corrected chi connectivity index (χ1v) is 6.07. The Morgan fingerprint density at radius 3 is 2.50 bits per heavy atom. The highest BCUT2D eigenvalue weighted by Crippen LogP contribution is 2.02. The molecule has 0 N–H and O–H groups in total. The van der Waals surface area contributed by atoms with Crippen molar-refractivity contribution in [2.24, 2.45) is 0 Å². The van der Waals surface area contributed by atoms with Gasteiger partial charge in [0.1, 0.15) is 6.73 Å². The summed E-state index contributed by atoms with van der Waals surface area (Å²) in [5, 5.41) is 0. The maximum atomic E-state index is 11.9. The topological polar surface area (TPSA) is 36.2 Å². The lowest BCUT2D eigenvalue weighted by Gasteiger charge is -2.06. The van der Waals surface area contributed by atoms with E-state index in [1.54, 1.807) is 21.5 Å². The van der Waals surface area contributed by atoms with Gasteiger partial charge in [-0.1, -0.05) is 30.3 Å². The van der Waals surface area contributed by atoms with E-state index in [1.165, 1.54) is 0 Å². The van der Waals surface area contributed by atoms with Gasteiger partial charge in [-0.15, -0.1) is 0 Å². The van der Waals surface area contributed by atoms with Crippen molar-refractivity contribution in [1.29, 1.82) is 0 Å². The molecule has 0 saturated carbocycles. The highest BCUT2D eigenvalue weighted by molar-refractivity contribution is 5.13. The molecule has 0 radical (unpaired) electrons. The van der Waals surface area contributed by atoms with Crippen molar-refractivity contribution in [3.8, 4) is 0 Å². The minimum Gasteiger partial charge on any atom is -0.356 e. The fourth-order valence-corrected chi connectivity index (χ4v) is 1.76. The summed E-state index contributed by atoms with van der Waals surface area (Å²) in [6.07, 6.45) is 3.55. The van der Waals surface area contributed by atoms with E-state index in [9.17, 15) is 4.79 Å². The van der Waals surface area contributed by atoms with Crippen LogP contribution in [0.15, 0.2) is 47.5 Å². The van der Waals surface area contributed by atoms with Crippen LogP contribution in [0.25, 0.3) is 0 Å². The minimum absolute atomic E-state index is 0.0296. The van der Waals surface area contributed by atoms with E-state index in [2.05, 4.69) is 0 Å². The van der Waals surface area contributed by atoms with E-state index < -0.39 is 0 Å². The molecule has 2 rings (SSSR count). The van der Waals surface area contributed by atoms with E-state index in [0.717, 1.165) is 5.56 Å². The van der Waals surface area contributed by atoms with Gasteiger partial charge in [0.2, 0.25) is 0 Å². The van der Waals surface area contributed by atoms with Crippen LogP contribution < -0.4 is 5.69 Å². The fourth-order valence-electron chi connectivity index (χ4n) is 1.76. The molecular formula is C14H18N2O2. The molecule has 1 aromatic carbocycles. The van der Waals surface area contributed by atoms with Crippen molar-refractivity contribution in [2.45, 2.75) is 33.2 Å². The Kier molecular flexibility index (Phi) is 3.99. The third kappa shape index (κ3) is 2.90. The Morgan fingerprint density at radius 1 is 1.17 bits per heavy atom. The van der Waals surface area contributed by atoms with Gasteiger partial charge in [0.05, 0.1) is 6.61 Å². The van der Waals surface area contributed by atoms with Crippen molar-refractivity contribution in [1.82, 2.24) is 9.13 Å². The van der Waals surface area contributed by atoms with Crippen molar-refractivity contribution >= 4 is 0 Å². The van der Waals surface area contributed by atoms with Gasteiger partial charge in [-0.05, 0) is 19.4 Å². The Hall–Kier alpha value is -1.81. The second-order valence-electron chi connectivity index (χ2n) is 4.51. The summed E-state index contributed by atoms with van der Waals surface area (Å²) in [7, 11) is 0. The van der Waals surface area contributed by atoms with Crippen molar-refractivity contribution < 1.29 is 4.74 Å². The summed E-state index contributed by atoms with van der Waals surface area (Å²) in [6.45, 7) is 4.76. The average Bonchev–Trinajstić information content (AvgIpc) is 2.73. The quantitative estimate of drug-likeness (QED) is 0.812. The van der Waals surface area contributed by atoms with Crippen LogP contribution in [-0.4, -0.2) is 9.13 Å². The molecule has 0 saturated heterocycles. The minimum atomic E-state index is -0.0296. The van der Waals surface area contributed by atoms with Crippen molar-refractivity contribution in [2.75, 3.05) is 0 Å². The molecule has 1 heterocycles. The van der Waals surface area contributed by atoms with Crippen LogP contribution in [0.1, 0.15) is 25.5 Å². The highest BCUT2D eigenvalue weighted by Gasteiger charge is 2.05. The van der Waals surface area contributed by atoms with E-state index in [0.29, 0.717) is 6.61 Å². The van der Waals surface area contributed by atoms with Crippen LogP contribution in [-0.2, 0) is 18.1 Å². The molecule has 4 heteroatoms. The van der Waals surface area contributed by atoms with Crippen molar-refractivity contribution in [3.63, 3.8) is 0 Å². The van der Waals surface area contributed by atoms with E-state index >= 15 is 0 Å². The van der Waals surface area contributed by atoms with Crippen LogP contribution in [0, 0.1) is 0 Å². The molecule has 0 unspecified atom stereocenters. The van der Waals surface area contributed by atoms with Gasteiger partial charge in [-0.25, -0.2) is 4.79 Å².